The van der Waals surface area contributed by atoms with Gasteiger partial charge in [-0.15, -0.1) is 0 Å². The first-order valence-corrected chi connectivity index (χ1v) is 8.66. The molecule has 1 aromatic rings. The maximum atomic E-state index is 12.0. The molecule has 1 aliphatic heterocycles. The molecule has 3 atom stereocenters. The molecule has 3 rings (SSSR count). The standard InChI is InChI=1S/C19H28N2O2/c1-19(2,3)23-18(22)20-17-10-9-15-12-21(13-16(15)17)11-14-7-5-4-6-8-14/h4-8,15-17H,9-13H2,1-3H3,(H,20,22)/t15-,16+,17?/m0/s1. The second-order valence-electron chi connectivity index (χ2n) is 7.93. The summed E-state index contributed by atoms with van der Waals surface area (Å²) in [4.78, 5) is 14.6. The number of ether oxygens (including phenoxy) is 1. The zero-order chi connectivity index (χ0) is 16.4. The van der Waals surface area contributed by atoms with E-state index in [1.165, 1.54) is 12.0 Å². The summed E-state index contributed by atoms with van der Waals surface area (Å²) in [5.74, 6) is 1.27. The van der Waals surface area contributed by atoms with Gasteiger partial charge in [-0.3, -0.25) is 4.90 Å². The third-order valence-electron chi connectivity index (χ3n) is 4.88. The number of carbonyl (C=O) groups is 1. The van der Waals surface area contributed by atoms with Crippen LogP contribution in [0.2, 0.25) is 0 Å². The highest BCUT2D eigenvalue weighted by Crippen LogP contribution is 2.38. The average molecular weight is 316 g/mol. The SMILES string of the molecule is CC(C)(C)OC(=O)NC1CC[C@H]2CN(Cc3ccccc3)C[C@@H]12. The van der Waals surface area contributed by atoms with E-state index in [1.54, 1.807) is 0 Å². The molecule has 0 radical (unpaired) electrons. The van der Waals surface area contributed by atoms with Gasteiger partial charge in [0.15, 0.2) is 0 Å². The van der Waals surface area contributed by atoms with Gasteiger partial charge in [0.05, 0.1) is 0 Å². The van der Waals surface area contributed by atoms with Crippen LogP contribution in [0.1, 0.15) is 39.2 Å². The molecule has 0 aromatic heterocycles. The maximum absolute atomic E-state index is 12.0. The Labute approximate surface area is 139 Å². The second kappa shape index (κ2) is 6.52. The summed E-state index contributed by atoms with van der Waals surface area (Å²) in [6, 6.07) is 10.9. The summed E-state index contributed by atoms with van der Waals surface area (Å²) in [7, 11) is 0. The molecule has 1 saturated carbocycles. The number of alkyl carbamates (subject to hydrolysis) is 1. The van der Waals surface area contributed by atoms with Gasteiger partial charge in [-0.05, 0) is 51.0 Å². The molecule has 2 aliphatic rings. The van der Waals surface area contributed by atoms with Gasteiger partial charge in [-0.1, -0.05) is 30.3 Å². The zero-order valence-electron chi connectivity index (χ0n) is 14.4. The molecule has 126 valence electrons. The van der Waals surface area contributed by atoms with Crippen molar-refractivity contribution < 1.29 is 9.53 Å². The normalized spacial score (nSPS) is 27.7. The lowest BCUT2D eigenvalue weighted by molar-refractivity contribution is 0.0491. The molecule has 1 saturated heterocycles. The third kappa shape index (κ3) is 4.25. The van der Waals surface area contributed by atoms with Crippen molar-refractivity contribution in [1.29, 1.82) is 0 Å². The van der Waals surface area contributed by atoms with Crippen LogP contribution in [0.15, 0.2) is 30.3 Å². The molecule has 0 bridgehead atoms. The predicted octanol–water partition coefficient (Wildman–Crippen LogP) is 3.42. The first kappa shape index (κ1) is 16.3. The number of benzene rings is 1. The molecule has 1 aliphatic carbocycles. The number of nitrogens with zero attached hydrogens (tertiary/aromatic N) is 1. The summed E-state index contributed by atoms with van der Waals surface area (Å²) in [6.45, 7) is 8.93. The van der Waals surface area contributed by atoms with Crippen molar-refractivity contribution in [2.75, 3.05) is 13.1 Å². The van der Waals surface area contributed by atoms with Gasteiger partial charge >= 0.3 is 6.09 Å². The van der Waals surface area contributed by atoms with Gasteiger partial charge in [0.25, 0.3) is 0 Å². The van der Waals surface area contributed by atoms with Crippen molar-refractivity contribution in [1.82, 2.24) is 10.2 Å². The van der Waals surface area contributed by atoms with Crippen LogP contribution in [0.3, 0.4) is 0 Å². The van der Waals surface area contributed by atoms with Crippen LogP contribution in [-0.4, -0.2) is 35.7 Å². The molecular weight excluding hydrogens is 288 g/mol. The van der Waals surface area contributed by atoms with Crippen LogP contribution >= 0.6 is 0 Å². The van der Waals surface area contributed by atoms with Crippen molar-refractivity contribution >= 4 is 6.09 Å². The van der Waals surface area contributed by atoms with E-state index >= 15 is 0 Å². The second-order valence-corrected chi connectivity index (χ2v) is 7.93. The van der Waals surface area contributed by atoms with Crippen LogP contribution in [0, 0.1) is 11.8 Å². The van der Waals surface area contributed by atoms with Crippen molar-refractivity contribution in [3.63, 3.8) is 0 Å². The van der Waals surface area contributed by atoms with Crippen LogP contribution < -0.4 is 5.32 Å². The van der Waals surface area contributed by atoms with Crippen LogP contribution in [0.5, 0.6) is 0 Å². The fourth-order valence-electron chi connectivity index (χ4n) is 3.97. The Balaban J connectivity index is 1.53. The smallest absolute Gasteiger partial charge is 0.407 e. The fraction of sp³-hybridized carbons (Fsp3) is 0.632. The monoisotopic (exact) mass is 316 g/mol. The number of rotatable bonds is 3. The van der Waals surface area contributed by atoms with Gasteiger partial charge in [-0.2, -0.15) is 0 Å². The first-order valence-electron chi connectivity index (χ1n) is 8.66. The van der Waals surface area contributed by atoms with Crippen LogP contribution in [-0.2, 0) is 11.3 Å². The van der Waals surface area contributed by atoms with Crippen LogP contribution in [0.4, 0.5) is 4.79 Å². The molecule has 1 aromatic carbocycles. The highest BCUT2D eigenvalue weighted by atomic mass is 16.6. The minimum Gasteiger partial charge on any atom is -0.444 e. The fourth-order valence-corrected chi connectivity index (χ4v) is 3.97. The quantitative estimate of drug-likeness (QED) is 0.929. The largest absolute Gasteiger partial charge is 0.444 e. The zero-order valence-corrected chi connectivity index (χ0v) is 14.4. The van der Waals surface area contributed by atoms with E-state index in [-0.39, 0.29) is 12.1 Å². The summed E-state index contributed by atoms with van der Waals surface area (Å²) in [5, 5.41) is 3.10. The lowest BCUT2D eigenvalue weighted by Gasteiger charge is -2.25. The van der Waals surface area contributed by atoms with E-state index < -0.39 is 5.60 Å². The topological polar surface area (TPSA) is 41.6 Å². The summed E-state index contributed by atoms with van der Waals surface area (Å²) < 4.78 is 5.41. The lowest BCUT2D eigenvalue weighted by Crippen LogP contribution is -2.42. The van der Waals surface area contributed by atoms with Crippen molar-refractivity contribution in [3.05, 3.63) is 35.9 Å². The Morgan fingerprint density at radius 1 is 1.22 bits per heavy atom. The van der Waals surface area contributed by atoms with E-state index in [9.17, 15) is 4.79 Å². The predicted molar refractivity (Wildman–Crippen MR) is 91.1 cm³/mol. The molecule has 1 unspecified atom stereocenters. The molecule has 0 spiro atoms. The summed E-state index contributed by atoms with van der Waals surface area (Å²) in [6.07, 6.45) is 2.01. The van der Waals surface area contributed by atoms with Gasteiger partial charge in [0.2, 0.25) is 0 Å². The molecule has 1 N–H and O–H groups in total. The van der Waals surface area contributed by atoms with Gasteiger partial charge < -0.3 is 10.1 Å². The van der Waals surface area contributed by atoms with E-state index in [0.29, 0.717) is 11.8 Å². The van der Waals surface area contributed by atoms with Gasteiger partial charge in [-0.25, -0.2) is 4.79 Å². The molecule has 23 heavy (non-hydrogen) atoms. The molecule has 4 heteroatoms. The minimum absolute atomic E-state index is 0.260. The number of hydrogen-bond donors (Lipinski definition) is 1. The first-order chi connectivity index (χ1) is 10.9. The minimum atomic E-state index is -0.433. The third-order valence-corrected chi connectivity index (χ3v) is 4.88. The van der Waals surface area contributed by atoms with E-state index in [4.69, 9.17) is 4.74 Å². The Morgan fingerprint density at radius 3 is 2.65 bits per heavy atom. The molecule has 1 amide bonds. The Bertz CT molecular complexity index is 538. The average Bonchev–Trinajstić information content (AvgIpc) is 3.00. The van der Waals surface area contributed by atoms with Gasteiger partial charge in [0.1, 0.15) is 5.60 Å². The van der Waals surface area contributed by atoms with Crippen molar-refractivity contribution in [2.45, 2.75) is 51.8 Å². The Kier molecular flexibility index (Phi) is 4.62. The molecule has 4 nitrogen and oxygen atoms in total. The summed E-state index contributed by atoms with van der Waals surface area (Å²) in [5.41, 5.74) is 0.932. The molecule has 1 heterocycles. The molecule has 2 fully saturated rings. The lowest BCUT2D eigenvalue weighted by atomic mass is 9.98. The van der Waals surface area contributed by atoms with E-state index in [2.05, 4.69) is 40.5 Å². The van der Waals surface area contributed by atoms with E-state index in [1.807, 2.05) is 20.8 Å². The highest BCUT2D eigenvalue weighted by molar-refractivity contribution is 5.68. The number of likely N-dealkylation sites (tertiary alicyclic amines) is 1. The van der Waals surface area contributed by atoms with Gasteiger partial charge in [0, 0.05) is 25.7 Å². The van der Waals surface area contributed by atoms with Crippen molar-refractivity contribution in [3.8, 4) is 0 Å². The summed E-state index contributed by atoms with van der Waals surface area (Å²) >= 11 is 0. The number of amides is 1. The van der Waals surface area contributed by atoms with Crippen LogP contribution in [0.25, 0.3) is 0 Å². The number of nitrogens with one attached hydrogen (secondary N) is 1. The van der Waals surface area contributed by atoms with Crippen molar-refractivity contribution in [2.24, 2.45) is 11.8 Å². The van der Waals surface area contributed by atoms with E-state index in [0.717, 1.165) is 26.1 Å². The number of hydrogen-bond acceptors (Lipinski definition) is 3. The Hall–Kier alpha value is -1.55. The Morgan fingerprint density at radius 2 is 1.96 bits per heavy atom. The number of fused-ring (bicyclic) bond motifs is 1. The highest BCUT2D eigenvalue weighted by Gasteiger charge is 2.43. The number of carbonyl (C=O) groups excluding carboxylic acids is 1. The maximum Gasteiger partial charge on any atom is 0.407 e. The molecular formula is C19H28N2O2.